The van der Waals surface area contributed by atoms with Crippen molar-refractivity contribution in [2.24, 2.45) is 15.9 Å². The van der Waals surface area contributed by atoms with Crippen LogP contribution in [0.15, 0.2) is 92.7 Å². The third-order valence-corrected chi connectivity index (χ3v) is 7.47. The number of ether oxygens (including phenoxy) is 2. The molecule has 9 nitrogen and oxygen atoms in total. The molecule has 6 rings (SSSR count). The topological polar surface area (TPSA) is 99.6 Å². The third kappa shape index (κ3) is 5.53. The van der Waals surface area contributed by atoms with Gasteiger partial charge in [-0.1, -0.05) is 23.7 Å². The summed E-state index contributed by atoms with van der Waals surface area (Å²) in [5, 5.41) is 10.5. The number of nitrogens with one attached hydrogen (secondary N) is 3. The zero-order valence-corrected chi connectivity index (χ0v) is 22.3. The molecule has 0 spiro atoms. The van der Waals surface area contributed by atoms with E-state index in [1.807, 2.05) is 36.4 Å². The maximum Gasteiger partial charge on any atom is 0.416 e. The molecule has 4 aliphatic rings. The first-order chi connectivity index (χ1) is 19.5. The summed E-state index contributed by atoms with van der Waals surface area (Å²) in [7, 11) is 0. The normalized spacial score (nSPS) is 21.2. The van der Waals surface area contributed by atoms with E-state index in [2.05, 4.69) is 25.9 Å². The highest BCUT2D eigenvalue weighted by Crippen LogP contribution is 2.47. The number of allylic oxidation sites excluding steroid dienone is 4. The van der Waals surface area contributed by atoms with Gasteiger partial charge >= 0.3 is 6.09 Å². The Balaban J connectivity index is 1.20. The number of halogens is 2. The number of carbonyl (C=O) groups is 1. The smallest absolute Gasteiger partial charge is 0.416 e. The quantitative estimate of drug-likeness (QED) is 0.446. The highest BCUT2D eigenvalue weighted by Gasteiger charge is 2.42. The molecule has 0 radical (unpaired) electrons. The van der Waals surface area contributed by atoms with Crippen LogP contribution >= 0.6 is 11.6 Å². The minimum absolute atomic E-state index is 0.176. The van der Waals surface area contributed by atoms with Gasteiger partial charge in [-0.3, -0.25) is 9.89 Å². The molecule has 11 heteroatoms. The predicted molar refractivity (Wildman–Crippen MR) is 151 cm³/mol. The molecule has 0 aromatic heterocycles. The van der Waals surface area contributed by atoms with E-state index in [0.717, 1.165) is 28.4 Å². The van der Waals surface area contributed by atoms with E-state index in [9.17, 15) is 9.18 Å². The number of guanidine groups is 1. The zero-order chi connectivity index (χ0) is 27.5. The van der Waals surface area contributed by atoms with Crippen molar-refractivity contribution in [3.05, 3.63) is 94.1 Å². The number of rotatable bonds is 6. The SMILES string of the molecule is O=C(Oc1ccc(F)cc1)N1CCC2=C(NC3=CC=C(Cl)CC32)C1c1ccc(OCCNC2=NCN=CN2)cc1. The molecule has 0 bridgehead atoms. The summed E-state index contributed by atoms with van der Waals surface area (Å²) in [5.74, 6) is 1.45. The van der Waals surface area contributed by atoms with Gasteiger partial charge in [-0.05, 0) is 72.5 Å². The molecular weight excluding hydrogens is 535 g/mol. The summed E-state index contributed by atoms with van der Waals surface area (Å²) >= 11 is 6.38. The second-order valence-corrected chi connectivity index (χ2v) is 10.2. The van der Waals surface area contributed by atoms with Crippen molar-refractivity contribution in [1.29, 1.82) is 0 Å². The van der Waals surface area contributed by atoms with Crippen LogP contribution in [-0.2, 0) is 0 Å². The van der Waals surface area contributed by atoms with E-state index >= 15 is 0 Å². The number of amides is 1. The molecule has 2 aromatic carbocycles. The van der Waals surface area contributed by atoms with Gasteiger partial charge in [0.15, 0.2) is 5.96 Å². The van der Waals surface area contributed by atoms with Crippen molar-refractivity contribution in [2.75, 3.05) is 26.4 Å². The Morgan fingerprint density at radius 3 is 2.70 bits per heavy atom. The van der Waals surface area contributed by atoms with E-state index in [0.29, 0.717) is 44.5 Å². The van der Waals surface area contributed by atoms with Crippen LogP contribution in [0.3, 0.4) is 0 Å². The summed E-state index contributed by atoms with van der Waals surface area (Å²) in [4.78, 5) is 23.3. The molecule has 0 saturated heterocycles. The standard InChI is InChI=1S/C29H28ClFN6O3/c30-19-3-10-25-24(15-19)23-11-13-37(29(38)40-22-8-4-20(31)5-9-22)27(26(23)36-25)18-1-6-21(7-2-18)39-14-12-33-28-34-16-32-17-35-28/h1-10,16,24,27,36H,11-15,17H2,(H2,32,33,34,35). The average molecular weight is 563 g/mol. The molecule has 2 unspecified atom stereocenters. The monoisotopic (exact) mass is 562 g/mol. The van der Waals surface area contributed by atoms with Crippen molar-refractivity contribution >= 4 is 30.0 Å². The van der Waals surface area contributed by atoms with Gasteiger partial charge in [0.25, 0.3) is 0 Å². The Labute approximate surface area is 236 Å². The van der Waals surface area contributed by atoms with Crippen LogP contribution in [0.1, 0.15) is 24.4 Å². The van der Waals surface area contributed by atoms with Gasteiger partial charge < -0.3 is 25.4 Å². The van der Waals surface area contributed by atoms with Crippen molar-refractivity contribution in [3.8, 4) is 11.5 Å². The summed E-state index contributed by atoms with van der Waals surface area (Å²) in [6.07, 6.45) is 6.47. The second-order valence-electron chi connectivity index (χ2n) is 9.67. The number of nitrogens with zero attached hydrogens (tertiary/aromatic N) is 3. The van der Waals surface area contributed by atoms with Crippen molar-refractivity contribution in [3.63, 3.8) is 0 Å². The van der Waals surface area contributed by atoms with Gasteiger partial charge in [0.05, 0.1) is 12.9 Å². The molecule has 206 valence electrons. The Bertz CT molecular complexity index is 1430. The fraction of sp³-hybridized carbons (Fsp3) is 0.276. The molecule has 3 aliphatic heterocycles. The highest BCUT2D eigenvalue weighted by molar-refractivity contribution is 6.29. The Morgan fingerprint density at radius 2 is 1.93 bits per heavy atom. The summed E-state index contributed by atoms with van der Waals surface area (Å²) in [5.41, 5.74) is 4.23. The number of hydrogen-bond donors (Lipinski definition) is 3. The Morgan fingerprint density at radius 1 is 1.12 bits per heavy atom. The number of aliphatic imine (C=N–C) groups is 2. The largest absolute Gasteiger partial charge is 0.492 e. The van der Waals surface area contributed by atoms with E-state index in [1.54, 1.807) is 11.2 Å². The van der Waals surface area contributed by atoms with E-state index in [4.69, 9.17) is 21.1 Å². The van der Waals surface area contributed by atoms with Crippen LogP contribution in [0, 0.1) is 11.7 Å². The fourth-order valence-electron chi connectivity index (χ4n) is 5.31. The molecule has 0 fully saturated rings. The highest BCUT2D eigenvalue weighted by atomic mass is 35.5. The number of hydrogen-bond acceptors (Lipinski definition) is 8. The van der Waals surface area contributed by atoms with Crippen molar-refractivity contribution in [1.82, 2.24) is 20.9 Å². The molecule has 1 amide bonds. The van der Waals surface area contributed by atoms with E-state index in [1.165, 1.54) is 29.8 Å². The van der Waals surface area contributed by atoms with Crippen LogP contribution < -0.4 is 25.4 Å². The lowest BCUT2D eigenvalue weighted by Crippen LogP contribution is -2.42. The van der Waals surface area contributed by atoms with Gasteiger partial charge in [0.1, 0.15) is 36.6 Å². The zero-order valence-electron chi connectivity index (χ0n) is 21.6. The summed E-state index contributed by atoms with van der Waals surface area (Å²) in [6.45, 7) is 1.89. The first kappa shape index (κ1) is 25.9. The first-order valence-electron chi connectivity index (χ1n) is 13.1. The minimum atomic E-state index is -0.499. The van der Waals surface area contributed by atoms with Crippen LogP contribution in [0.4, 0.5) is 9.18 Å². The molecule has 3 N–H and O–H groups in total. The van der Waals surface area contributed by atoms with Crippen molar-refractivity contribution < 1.29 is 18.7 Å². The first-order valence-corrected chi connectivity index (χ1v) is 13.5. The maximum atomic E-state index is 13.4. The predicted octanol–water partition coefficient (Wildman–Crippen LogP) is 4.57. The van der Waals surface area contributed by atoms with E-state index < -0.39 is 18.0 Å². The Kier molecular flexibility index (Phi) is 7.41. The lowest BCUT2D eigenvalue weighted by atomic mass is 9.85. The Hall–Kier alpha value is -4.31. The van der Waals surface area contributed by atoms with Gasteiger partial charge in [0.2, 0.25) is 0 Å². The minimum Gasteiger partial charge on any atom is -0.492 e. The maximum absolute atomic E-state index is 13.4. The number of fused-ring (bicyclic) bond motifs is 2. The van der Waals surface area contributed by atoms with Gasteiger partial charge in [-0.25, -0.2) is 14.2 Å². The second kappa shape index (κ2) is 11.4. The van der Waals surface area contributed by atoms with E-state index in [-0.39, 0.29) is 11.7 Å². The molecule has 40 heavy (non-hydrogen) atoms. The summed E-state index contributed by atoms with van der Waals surface area (Å²) < 4.78 is 24.9. The van der Waals surface area contributed by atoms with Crippen molar-refractivity contribution in [2.45, 2.75) is 18.9 Å². The van der Waals surface area contributed by atoms with Gasteiger partial charge in [0, 0.05) is 28.9 Å². The molecule has 3 heterocycles. The van der Waals surface area contributed by atoms with Crippen LogP contribution in [0.5, 0.6) is 11.5 Å². The average Bonchev–Trinajstić information content (AvgIpc) is 3.35. The van der Waals surface area contributed by atoms with Crippen LogP contribution in [0.25, 0.3) is 0 Å². The molecule has 1 aliphatic carbocycles. The lowest BCUT2D eigenvalue weighted by molar-refractivity contribution is 0.133. The molecule has 2 atom stereocenters. The summed E-state index contributed by atoms with van der Waals surface area (Å²) in [6, 6.07) is 12.8. The fourth-order valence-corrected chi connectivity index (χ4v) is 5.53. The van der Waals surface area contributed by atoms with Crippen LogP contribution in [0.2, 0.25) is 0 Å². The molecule has 2 aromatic rings. The number of carbonyl (C=O) groups excluding carboxylic acids is 1. The van der Waals surface area contributed by atoms with Gasteiger partial charge in [-0.2, -0.15) is 0 Å². The molecular formula is C29H28ClFN6O3. The van der Waals surface area contributed by atoms with Gasteiger partial charge in [-0.15, -0.1) is 0 Å². The number of benzene rings is 2. The van der Waals surface area contributed by atoms with Crippen LogP contribution in [-0.4, -0.2) is 49.7 Å². The lowest BCUT2D eigenvalue weighted by Gasteiger charge is -2.36. The third-order valence-electron chi connectivity index (χ3n) is 7.19. The molecule has 0 saturated carbocycles.